The van der Waals surface area contributed by atoms with Gasteiger partial charge >= 0.3 is 0 Å². The van der Waals surface area contributed by atoms with Crippen molar-refractivity contribution >= 4 is 54.8 Å². The largest absolute Gasteiger partial charge is 0.495 e. The van der Waals surface area contributed by atoms with Crippen LogP contribution in [0.15, 0.2) is 33.2 Å². The third kappa shape index (κ3) is 4.46. The van der Waals surface area contributed by atoms with Gasteiger partial charge in [-0.25, -0.2) is 0 Å². The van der Waals surface area contributed by atoms with Crippen LogP contribution in [0.4, 0.5) is 0 Å². The van der Waals surface area contributed by atoms with Crippen LogP contribution in [0.2, 0.25) is 4.34 Å². The van der Waals surface area contributed by atoms with E-state index in [0.717, 1.165) is 44.1 Å². The van der Waals surface area contributed by atoms with Crippen molar-refractivity contribution in [3.05, 3.63) is 48.0 Å². The molecule has 0 aliphatic carbocycles. The first-order valence-corrected chi connectivity index (χ1v) is 8.85. The van der Waals surface area contributed by atoms with Crippen molar-refractivity contribution in [3.63, 3.8) is 0 Å². The van der Waals surface area contributed by atoms with Crippen LogP contribution in [0.5, 0.6) is 5.75 Å². The fourth-order valence-electron chi connectivity index (χ4n) is 1.89. The monoisotopic (exact) mass is 437 g/mol. The van der Waals surface area contributed by atoms with E-state index < -0.39 is 0 Å². The maximum absolute atomic E-state index is 5.91. The van der Waals surface area contributed by atoms with Crippen molar-refractivity contribution in [2.45, 2.75) is 13.0 Å². The van der Waals surface area contributed by atoms with Gasteiger partial charge in [-0.2, -0.15) is 0 Å². The second-order valence-corrected chi connectivity index (χ2v) is 7.78. The summed E-state index contributed by atoms with van der Waals surface area (Å²) in [6, 6.07) is 8.07. The number of benzene rings is 1. The normalized spacial score (nSPS) is 10.8. The maximum atomic E-state index is 5.91. The van der Waals surface area contributed by atoms with Crippen molar-refractivity contribution in [3.8, 4) is 5.75 Å². The highest BCUT2D eigenvalue weighted by Crippen LogP contribution is 2.32. The van der Waals surface area contributed by atoms with E-state index in [9.17, 15) is 0 Å². The fourth-order valence-corrected chi connectivity index (χ4v) is 4.46. The lowest BCUT2D eigenvalue weighted by molar-refractivity contribution is 0.405. The number of methoxy groups -OCH3 is 1. The van der Waals surface area contributed by atoms with Crippen LogP contribution in [0.3, 0.4) is 0 Å². The minimum Gasteiger partial charge on any atom is -0.495 e. The first kappa shape index (κ1) is 16.3. The molecule has 0 bridgehead atoms. The Morgan fingerprint density at radius 2 is 2.10 bits per heavy atom. The third-order valence-corrected chi connectivity index (χ3v) is 5.12. The van der Waals surface area contributed by atoms with Crippen LogP contribution in [0.1, 0.15) is 10.4 Å². The Hall–Kier alpha value is -0.0700. The van der Waals surface area contributed by atoms with E-state index in [4.69, 9.17) is 16.3 Å². The number of halogens is 3. The summed E-state index contributed by atoms with van der Waals surface area (Å²) in [7, 11) is 1.69. The number of rotatable bonds is 6. The molecular weight excluding hydrogens is 425 g/mol. The number of ether oxygens (including phenoxy) is 1. The third-order valence-electron chi connectivity index (χ3n) is 2.78. The lowest BCUT2D eigenvalue weighted by Crippen LogP contribution is -2.17. The van der Waals surface area contributed by atoms with Crippen molar-refractivity contribution < 1.29 is 4.74 Å². The lowest BCUT2D eigenvalue weighted by Gasteiger charge is -2.12. The summed E-state index contributed by atoms with van der Waals surface area (Å²) in [6.45, 7) is 1.67. The maximum Gasteiger partial charge on any atom is 0.137 e. The van der Waals surface area contributed by atoms with Crippen molar-refractivity contribution in [1.29, 1.82) is 0 Å². The second kappa shape index (κ2) is 7.80. The van der Waals surface area contributed by atoms with Crippen LogP contribution in [-0.4, -0.2) is 13.7 Å². The average Bonchev–Trinajstić information content (AvgIpc) is 2.80. The molecule has 1 heterocycles. The van der Waals surface area contributed by atoms with Gasteiger partial charge in [0.2, 0.25) is 0 Å². The zero-order valence-electron chi connectivity index (χ0n) is 10.9. The zero-order valence-corrected chi connectivity index (χ0v) is 15.6. The highest BCUT2D eigenvalue weighted by Gasteiger charge is 2.09. The molecule has 0 aliphatic rings. The summed E-state index contributed by atoms with van der Waals surface area (Å²) in [5.41, 5.74) is 1.12. The van der Waals surface area contributed by atoms with E-state index in [1.807, 2.05) is 12.1 Å². The van der Waals surface area contributed by atoms with Gasteiger partial charge in [-0.05, 0) is 46.6 Å². The van der Waals surface area contributed by atoms with E-state index in [-0.39, 0.29) is 0 Å². The number of hydrogen-bond donors (Lipinski definition) is 1. The van der Waals surface area contributed by atoms with Crippen LogP contribution in [0, 0.1) is 0 Å². The molecule has 1 aromatic heterocycles. The van der Waals surface area contributed by atoms with E-state index in [2.05, 4.69) is 49.3 Å². The molecule has 2 aromatic rings. The molecule has 0 aliphatic heterocycles. The first-order valence-electron chi connectivity index (χ1n) is 6.07. The van der Waals surface area contributed by atoms with Gasteiger partial charge < -0.3 is 10.1 Å². The molecule has 0 saturated heterocycles. The molecule has 2 rings (SSSR count). The molecule has 6 heteroatoms. The van der Waals surface area contributed by atoms with E-state index in [1.54, 1.807) is 18.4 Å². The molecule has 0 atom stereocenters. The second-order valence-electron chi connectivity index (χ2n) is 4.21. The van der Waals surface area contributed by atoms with Crippen molar-refractivity contribution in [2.24, 2.45) is 0 Å². The van der Waals surface area contributed by atoms with Gasteiger partial charge in [-0.1, -0.05) is 27.5 Å². The van der Waals surface area contributed by atoms with Crippen LogP contribution < -0.4 is 10.1 Å². The molecule has 20 heavy (non-hydrogen) atoms. The van der Waals surface area contributed by atoms with Crippen LogP contribution in [-0.2, 0) is 13.0 Å². The summed E-state index contributed by atoms with van der Waals surface area (Å²) < 4.78 is 8.26. The van der Waals surface area contributed by atoms with E-state index >= 15 is 0 Å². The van der Waals surface area contributed by atoms with Gasteiger partial charge in [0.1, 0.15) is 5.75 Å². The topological polar surface area (TPSA) is 21.3 Å². The van der Waals surface area contributed by atoms with Crippen molar-refractivity contribution in [1.82, 2.24) is 5.32 Å². The first-order chi connectivity index (χ1) is 9.60. The predicted molar refractivity (Wildman–Crippen MR) is 93.1 cm³/mol. The van der Waals surface area contributed by atoms with Gasteiger partial charge in [-0.3, -0.25) is 0 Å². The summed E-state index contributed by atoms with van der Waals surface area (Å²) in [5, 5.41) is 3.43. The van der Waals surface area contributed by atoms with Gasteiger partial charge in [-0.15, -0.1) is 11.3 Å². The van der Waals surface area contributed by atoms with Crippen LogP contribution in [0.25, 0.3) is 0 Å². The molecule has 0 fully saturated rings. The number of hydrogen-bond acceptors (Lipinski definition) is 3. The molecule has 0 saturated carbocycles. The Balaban J connectivity index is 1.90. The standard InChI is InChI=1S/C14H14Br2ClNOS/c1-19-14-9(6-10(15)7-12(14)16)8-18-5-4-11-2-3-13(17)20-11/h2-3,6-7,18H,4-5,8H2,1H3. The summed E-state index contributed by atoms with van der Waals surface area (Å²) in [6.07, 6.45) is 0.981. The lowest BCUT2D eigenvalue weighted by atomic mass is 10.2. The van der Waals surface area contributed by atoms with E-state index in [1.165, 1.54) is 4.88 Å². The van der Waals surface area contributed by atoms with Crippen LogP contribution >= 0.6 is 54.8 Å². The summed E-state index contributed by atoms with van der Waals surface area (Å²) in [5.74, 6) is 0.875. The molecule has 0 spiro atoms. The predicted octanol–water partition coefficient (Wildman–Crippen LogP) is 5.27. The zero-order chi connectivity index (χ0) is 14.5. The molecule has 0 unspecified atom stereocenters. The highest BCUT2D eigenvalue weighted by molar-refractivity contribution is 9.11. The minimum absolute atomic E-state index is 0.764. The smallest absolute Gasteiger partial charge is 0.137 e. The molecule has 0 radical (unpaired) electrons. The number of thiophene rings is 1. The Kier molecular flexibility index (Phi) is 6.36. The fraction of sp³-hybridized carbons (Fsp3) is 0.286. The molecule has 0 amide bonds. The van der Waals surface area contributed by atoms with Crippen molar-refractivity contribution in [2.75, 3.05) is 13.7 Å². The number of nitrogens with one attached hydrogen (secondary N) is 1. The summed E-state index contributed by atoms with van der Waals surface area (Å²) >= 11 is 14.6. The minimum atomic E-state index is 0.764. The Bertz CT molecular complexity index is 589. The molecule has 108 valence electrons. The van der Waals surface area contributed by atoms with Gasteiger partial charge in [0, 0.05) is 28.0 Å². The summed E-state index contributed by atoms with van der Waals surface area (Å²) in [4.78, 5) is 1.30. The van der Waals surface area contributed by atoms with Gasteiger partial charge in [0.05, 0.1) is 15.9 Å². The molecule has 1 N–H and O–H groups in total. The Labute approximate surface area is 144 Å². The Morgan fingerprint density at radius 3 is 2.75 bits per heavy atom. The molecular formula is C14H14Br2ClNOS. The average molecular weight is 440 g/mol. The molecule has 2 nitrogen and oxygen atoms in total. The molecule has 1 aromatic carbocycles. The highest BCUT2D eigenvalue weighted by atomic mass is 79.9. The van der Waals surface area contributed by atoms with E-state index in [0.29, 0.717) is 0 Å². The quantitative estimate of drug-likeness (QED) is 0.620. The van der Waals surface area contributed by atoms with Gasteiger partial charge in [0.15, 0.2) is 0 Å². The Morgan fingerprint density at radius 1 is 1.30 bits per heavy atom. The van der Waals surface area contributed by atoms with Gasteiger partial charge in [0.25, 0.3) is 0 Å². The SMILES string of the molecule is COc1c(Br)cc(Br)cc1CNCCc1ccc(Cl)s1.